The Morgan fingerprint density at radius 2 is 2.38 bits per heavy atom. The van der Waals surface area contributed by atoms with Crippen molar-refractivity contribution in [3.05, 3.63) is 0 Å². The average molecular weight is 204 g/mol. The Morgan fingerprint density at radius 3 is 2.92 bits per heavy atom. The van der Waals surface area contributed by atoms with Crippen LogP contribution in [0.5, 0.6) is 0 Å². The molecule has 0 radical (unpaired) electrons. The number of rotatable bonds is 4. The van der Waals surface area contributed by atoms with Crippen molar-refractivity contribution in [2.24, 2.45) is 5.92 Å². The Labute approximate surface area is 85.2 Å². The minimum atomic E-state index is 0.314. The first kappa shape index (κ1) is 10.8. The SMILES string of the molecule is CCCCC(=O)N1CCC(CCl)C1. The van der Waals surface area contributed by atoms with Crippen LogP contribution in [0.3, 0.4) is 0 Å². The van der Waals surface area contributed by atoms with Gasteiger partial charge in [0.25, 0.3) is 0 Å². The first-order valence-electron chi connectivity index (χ1n) is 5.11. The standard InChI is InChI=1S/C10H18ClNO/c1-2-3-4-10(13)12-6-5-9(7-11)8-12/h9H,2-8H2,1H3. The van der Waals surface area contributed by atoms with Gasteiger partial charge in [0.1, 0.15) is 0 Å². The van der Waals surface area contributed by atoms with Crippen molar-refractivity contribution in [3.63, 3.8) is 0 Å². The van der Waals surface area contributed by atoms with Gasteiger partial charge in [-0.25, -0.2) is 0 Å². The van der Waals surface area contributed by atoms with E-state index in [1.54, 1.807) is 0 Å². The van der Waals surface area contributed by atoms with Crippen molar-refractivity contribution in [2.75, 3.05) is 19.0 Å². The zero-order chi connectivity index (χ0) is 9.68. The summed E-state index contributed by atoms with van der Waals surface area (Å²) in [6, 6.07) is 0. The number of likely N-dealkylation sites (tertiary alicyclic amines) is 1. The van der Waals surface area contributed by atoms with Crippen LogP contribution in [-0.2, 0) is 4.79 Å². The van der Waals surface area contributed by atoms with Gasteiger partial charge in [0.05, 0.1) is 0 Å². The summed E-state index contributed by atoms with van der Waals surface area (Å²) in [6.45, 7) is 3.91. The monoisotopic (exact) mass is 203 g/mol. The molecular weight excluding hydrogens is 186 g/mol. The molecule has 0 aromatic heterocycles. The molecule has 0 bridgehead atoms. The minimum absolute atomic E-state index is 0.314. The van der Waals surface area contributed by atoms with Gasteiger partial charge in [0, 0.05) is 25.4 Å². The van der Waals surface area contributed by atoms with Gasteiger partial charge in [-0.15, -0.1) is 11.6 Å². The summed E-state index contributed by atoms with van der Waals surface area (Å²) < 4.78 is 0. The Bertz CT molecular complexity index is 172. The largest absolute Gasteiger partial charge is 0.342 e. The zero-order valence-corrected chi connectivity index (χ0v) is 9.02. The fourth-order valence-electron chi connectivity index (χ4n) is 1.67. The summed E-state index contributed by atoms with van der Waals surface area (Å²) in [5.74, 6) is 1.54. The minimum Gasteiger partial charge on any atom is -0.342 e. The van der Waals surface area contributed by atoms with E-state index in [-0.39, 0.29) is 0 Å². The highest BCUT2D eigenvalue weighted by Crippen LogP contribution is 2.18. The first-order valence-corrected chi connectivity index (χ1v) is 5.65. The number of unbranched alkanes of at least 4 members (excludes halogenated alkanes) is 1. The van der Waals surface area contributed by atoms with E-state index in [0.29, 0.717) is 24.1 Å². The van der Waals surface area contributed by atoms with Gasteiger partial charge in [0.2, 0.25) is 5.91 Å². The molecule has 1 unspecified atom stereocenters. The third-order valence-corrected chi connectivity index (χ3v) is 3.04. The number of nitrogens with zero attached hydrogens (tertiary/aromatic N) is 1. The van der Waals surface area contributed by atoms with Crippen LogP contribution in [-0.4, -0.2) is 29.8 Å². The molecule has 13 heavy (non-hydrogen) atoms. The second kappa shape index (κ2) is 5.48. The summed E-state index contributed by atoms with van der Waals surface area (Å²) in [5, 5.41) is 0. The lowest BCUT2D eigenvalue weighted by Gasteiger charge is -2.15. The highest BCUT2D eigenvalue weighted by atomic mass is 35.5. The number of carbonyl (C=O) groups excluding carboxylic acids is 1. The average Bonchev–Trinajstić information content (AvgIpc) is 2.62. The molecule has 0 aromatic carbocycles. The van der Waals surface area contributed by atoms with E-state index in [0.717, 1.165) is 32.4 Å². The Morgan fingerprint density at radius 1 is 1.62 bits per heavy atom. The molecule has 76 valence electrons. The normalized spacial score (nSPS) is 22.3. The lowest BCUT2D eigenvalue weighted by Crippen LogP contribution is -2.28. The summed E-state index contributed by atoms with van der Waals surface area (Å²) in [5.41, 5.74) is 0. The molecule has 0 spiro atoms. The van der Waals surface area contributed by atoms with Crippen molar-refractivity contribution < 1.29 is 4.79 Å². The van der Waals surface area contributed by atoms with Gasteiger partial charge in [-0.1, -0.05) is 13.3 Å². The summed E-state index contributed by atoms with van der Waals surface area (Å²) >= 11 is 5.74. The van der Waals surface area contributed by atoms with Crippen LogP contribution in [0.2, 0.25) is 0 Å². The van der Waals surface area contributed by atoms with Gasteiger partial charge in [-0.05, 0) is 18.8 Å². The fourth-order valence-corrected chi connectivity index (χ4v) is 1.92. The molecule has 1 rings (SSSR count). The topological polar surface area (TPSA) is 20.3 Å². The molecule has 0 aliphatic carbocycles. The number of alkyl halides is 1. The van der Waals surface area contributed by atoms with Crippen molar-refractivity contribution >= 4 is 17.5 Å². The summed E-state index contributed by atoms with van der Waals surface area (Å²) in [7, 11) is 0. The van der Waals surface area contributed by atoms with Gasteiger partial charge >= 0.3 is 0 Å². The smallest absolute Gasteiger partial charge is 0.222 e. The van der Waals surface area contributed by atoms with E-state index in [9.17, 15) is 4.79 Å². The maximum absolute atomic E-state index is 11.5. The Kier molecular flexibility index (Phi) is 4.57. The molecule has 1 saturated heterocycles. The van der Waals surface area contributed by atoms with E-state index in [4.69, 9.17) is 11.6 Å². The third-order valence-electron chi connectivity index (χ3n) is 2.60. The van der Waals surface area contributed by atoms with E-state index in [2.05, 4.69) is 6.92 Å². The lowest BCUT2D eigenvalue weighted by molar-refractivity contribution is -0.130. The maximum atomic E-state index is 11.5. The van der Waals surface area contributed by atoms with Crippen molar-refractivity contribution in [2.45, 2.75) is 32.6 Å². The Balaban J connectivity index is 2.25. The van der Waals surface area contributed by atoms with Gasteiger partial charge in [-0.2, -0.15) is 0 Å². The molecule has 1 amide bonds. The van der Waals surface area contributed by atoms with Gasteiger partial charge in [0.15, 0.2) is 0 Å². The molecule has 1 atom stereocenters. The van der Waals surface area contributed by atoms with Crippen molar-refractivity contribution in [1.82, 2.24) is 4.90 Å². The van der Waals surface area contributed by atoms with E-state index >= 15 is 0 Å². The van der Waals surface area contributed by atoms with Crippen LogP contribution in [0.15, 0.2) is 0 Å². The molecule has 3 heteroatoms. The molecule has 0 saturated carbocycles. The zero-order valence-electron chi connectivity index (χ0n) is 8.26. The number of amides is 1. The molecule has 0 aromatic rings. The molecule has 1 aliphatic rings. The second-order valence-corrected chi connectivity index (χ2v) is 4.06. The molecule has 1 fully saturated rings. The van der Waals surface area contributed by atoms with Crippen LogP contribution in [0.1, 0.15) is 32.6 Å². The van der Waals surface area contributed by atoms with Crippen LogP contribution in [0, 0.1) is 5.92 Å². The number of hydrogen-bond acceptors (Lipinski definition) is 1. The molecule has 1 aliphatic heterocycles. The predicted octanol–water partition coefficient (Wildman–Crippen LogP) is 2.26. The summed E-state index contributed by atoms with van der Waals surface area (Å²) in [6.07, 6.45) is 3.91. The number of halogens is 1. The quantitative estimate of drug-likeness (QED) is 0.642. The van der Waals surface area contributed by atoms with Crippen molar-refractivity contribution in [3.8, 4) is 0 Å². The molecule has 0 N–H and O–H groups in total. The van der Waals surface area contributed by atoms with Crippen LogP contribution in [0.4, 0.5) is 0 Å². The maximum Gasteiger partial charge on any atom is 0.222 e. The van der Waals surface area contributed by atoms with E-state index < -0.39 is 0 Å². The van der Waals surface area contributed by atoms with E-state index in [1.165, 1.54) is 0 Å². The van der Waals surface area contributed by atoms with Crippen LogP contribution < -0.4 is 0 Å². The second-order valence-electron chi connectivity index (χ2n) is 3.75. The molecule has 2 nitrogen and oxygen atoms in total. The third kappa shape index (κ3) is 3.18. The van der Waals surface area contributed by atoms with Crippen LogP contribution >= 0.6 is 11.6 Å². The van der Waals surface area contributed by atoms with Crippen molar-refractivity contribution in [1.29, 1.82) is 0 Å². The van der Waals surface area contributed by atoms with Crippen LogP contribution in [0.25, 0.3) is 0 Å². The Hall–Kier alpha value is -0.240. The van der Waals surface area contributed by atoms with Gasteiger partial charge in [-0.3, -0.25) is 4.79 Å². The number of carbonyl (C=O) groups is 1. The predicted molar refractivity (Wildman–Crippen MR) is 54.9 cm³/mol. The summed E-state index contributed by atoms with van der Waals surface area (Å²) in [4.78, 5) is 13.5. The highest BCUT2D eigenvalue weighted by molar-refractivity contribution is 6.18. The number of hydrogen-bond donors (Lipinski definition) is 0. The van der Waals surface area contributed by atoms with E-state index in [1.807, 2.05) is 4.90 Å². The molecular formula is C10H18ClNO. The molecule has 1 heterocycles. The fraction of sp³-hybridized carbons (Fsp3) is 0.900. The highest BCUT2D eigenvalue weighted by Gasteiger charge is 2.24. The van der Waals surface area contributed by atoms with Gasteiger partial charge < -0.3 is 4.90 Å². The first-order chi connectivity index (χ1) is 6.27. The lowest BCUT2D eigenvalue weighted by atomic mass is 10.2.